The van der Waals surface area contributed by atoms with E-state index in [0.717, 1.165) is 23.0 Å². The van der Waals surface area contributed by atoms with Crippen LogP contribution in [0.5, 0.6) is 0 Å². The molecule has 0 amide bonds. The number of hydrogen-bond acceptors (Lipinski definition) is 0. The van der Waals surface area contributed by atoms with Crippen LogP contribution in [0.25, 0.3) is 0 Å². The van der Waals surface area contributed by atoms with E-state index in [9.17, 15) is 17.6 Å². The van der Waals surface area contributed by atoms with Crippen molar-refractivity contribution in [2.24, 2.45) is 11.8 Å². The standard InChI is InChI=1S/C8H8F2.2C8H9F.C8H16.H2/c1-5-3-4-6(2)8(10)7(5)9;2*1-6-3-4-7(2)8(9)5-6;1-7-3-5-8(2)6-4-7;/h3-4H,1-2H3;2*3-5H,1-2H3;7-8H,3-6H2,1-2H3;1H. The molecular formula is C32H44F4. The maximum Gasteiger partial charge on any atom is 0.161 e. The van der Waals surface area contributed by atoms with E-state index in [0.29, 0.717) is 22.3 Å². The molecule has 4 rings (SSSR count). The molecule has 0 aliphatic heterocycles. The van der Waals surface area contributed by atoms with Crippen molar-refractivity contribution < 1.29 is 19.0 Å². The van der Waals surface area contributed by atoms with Gasteiger partial charge >= 0.3 is 0 Å². The van der Waals surface area contributed by atoms with E-state index in [2.05, 4.69) is 13.8 Å². The smallest absolute Gasteiger partial charge is 0.161 e. The Balaban J connectivity index is 0.000000464. The molecule has 1 aliphatic rings. The number of benzene rings is 3. The number of halogens is 4. The van der Waals surface area contributed by atoms with Crippen LogP contribution in [-0.2, 0) is 0 Å². The lowest BCUT2D eigenvalue weighted by molar-refractivity contribution is 0.308. The Labute approximate surface area is 217 Å². The molecule has 0 bridgehead atoms. The van der Waals surface area contributed by atoms with E-state index in [-0.39, 0.29) is 13.1 Å². The topological polar surface area (TPSA) is 0 Å². The van der Waals surface area contributed by atoms with Gasteiger partial charge in [0.05, 0.1) is 0 Å². The fourth-order valence-electron chi connectivity index (χ4n) is 3.57. The first-order chi connectivity index (χ1) is 16.8. The van der Waals surface area contributed by atoms with Crippen molar-refractivity contribution >= 4 is 0 Å². The summed E-state index contributed by atoms with van der Waals surface area (Å²) in [6.45, 7) is 15.1. The van der Waals surface area contributed by atoms with Gasteiger partial charge in [-0.25, -0.2) is 17.6 Å². The summed E-state index contributed by atoms with van der Waals surface area (Å²) in [4.78, 5) is 0. The Hall–Kier alpha value is -2.62. The predicted octanol–water partition coefficient (Wildman–Crippen LogP) is 10.5. The molecule has 0 spiro atoms. The first kappa shape index (κ1) is 31.4. The second-order valence-corrected chi connectivity index (χ2v) is 10.2. The minimum absolute atomic E-state index is 0. The maximum atomic E-state index is 12.6. The van der Waals surface area contributed by atoms with Crippen LogP contribution >= 0.6 is 0 Å². The van der Waals surface area contributed by atoms with Gasteiger partial charge in [0, 0.05) is 1.43 Å². The molecule has 0 nitrogen and oxygen atoms in total. The molecule has 0 saturated heterocycles. The molecule has 4 heteroatoms. The van der Waals surface area contributed by atoms with Gasteiger partial charge in [-0.15, -0.1) is 0 Å². The summed E-state index contributed by atoms with van der Waals surface area (Å²) in [5.74, 6) is 0.336. The molecule has 0 unspecified atom stereocenters. The monoisotopic (exact) mass is 504 g/mol. The van der Waals surface area contributed by atoms with Crippen LogP contribution in [0.4, 0.5) is 17.6 Å². The Bertz CT molecular complexity index is 1000. The summed E-state index contributed by atoms with van der Waals surface area (Å²) >= 11 is 0. The third-order valence-corrected chi connectivity index (χ3v) is 6.43. The van der Waals surface area contributed by atoms with Crippen molar-refractivity contribution in [3.05, 3.63) is 105 Å². The number of rotatable bonds is 0. The predicted molar refractivity (Wildman–Crippen MR) is 146 cm³/mol. The van der Waals surface area contributed by atoms with Crippen molar-refractivity contribution in [3.8, 4) is 0 Å². The van der Waals surface area contributed by atoms with Crippen LogP contribution in [0, 0.1) is 76.6 Å². The molecule has 0 aromatic heterocycles. The summed E-state index contributed by atoms with van der Waals surface area (Å²) in [7, 11) is 0. The fraction of sp³-hybridized carbons (Fsp3) is 0.438. The van der Waals surface area contributed by atoms with Crippen molar-refractivity contribution in [2.75, 3.05) is 0 Å². The van der Waals surface area contributed by atoms with Crippen LogP contribution in [-0.4, -0.2) is 0 Å². The van der Waals surface area contributed by atoms with Gasteiger partial charge in [-0.05, 0) is 98.9 Å². The molecule has 0 atom stereocenters. The average Bonchev–Trinajstić information content (AvgIpc) is 2.83. The van der Waals surface area contributed by atoms with Gasteiger partial charge in [0.2, 0.25) is 0 Å². The summed E-state index contributed by atoms with van der Waals surface area (Å²) in [6.07, 6.45) is 5.89. The van der Waals surface area contributed by atoms with Gasteiger partial charge < -0.3 is 0 Å². The molecule has 0 heterocycles. The van der Waals surface area contributed by atoms with Crippen LogP contribution in [0.2, 0.25) is 0 Å². The minimum Gasteiger partial charge on any atom is -0.207 e. The molecule has 3 aromatic rings. The van der Waals surface area contributed by atoms with E-state index < -0.39 is 11.6 Å². The summed E-state index contributed by atoms with van der Waals surface area (Å²) < 4.78 is 50.4. The Morgan fingerprint density at radius 2 is 0.778 bits per heavy atom. The highest BCUT2D eigenvalue weighted by molar-refractivity contribution is 5.24. The highest BCUT2D eigenvalue weighted by Crippen LogP contribution is 2.27. The summed E-state index contributed by atoms with van der Waals surface area (Å²) in [5.41, 5.74) is 4.06. The van der Waals surface area contributed by atoms with Crippen molar-refractivity contribution in [1.82, 2.24) is 0 Å². The van der Waals surface area contributed by atoms with Gasteiger partial charge in [-0.1, -0.05) is 75.9 Å². The van der Waals surface area contributed by atoms with Crippen molar-refractivity contribution in [1.29, 1.82) is 0 Å². The van der Waals surface area contributed by atoms with Crippen molar-refractivity contribution in [2.45, 2.75) is 81.1 Å². The fourth-order valence-corrected chi connectivity index (χ4v) is 3.57. The normalized spacial score (nSPS) is 16.4. The molecule has 3 aromatic carbocycles. The van der Waals surface area contributed by atoms with Gasteiger partial charge in [0.25, 0.3) is 0 Å². The lowest BCUT2D eigenvalue weighted by atomic mass is 9.84. The van der Waals surface area contributed by atoms with Gasteiger partial charge in [-0.3, -0.25) is 0 Å². The summed E-state index contributed by atoms with van der Waals surface area (Å²) in [6, 6.07) is 13.6. The third kappa shape index (κ3) is 11.4. The summed E-state index contributed by atoms with van der Waals surface area (Å²) in [5, 5.41) is 0. The SMILES string of the molecule is CC1CCC(C)CC1.Cc1ccc(C)c(F)c1.Cc1ccc(C)c(F)c1.Cc1ccc(C)c(F)c1F.[HH]. The Morgan fingerprint density at radius 3 is 1.03 bits per heavy atom. The van der Waals surface area contributed by atoms with Crippen LogP contribution in [0.3, 0.4) is 0 Å². The number of hydrogen-bond donors (Lipinski definition) is 0. The molecule has 1 saturated carbocycles. The lowest BCUT2D eigenvalue weighted by Crippen LogP contribution is -2.08. The maximum absolute atomic E-state index is 12.6. The molecular weight excluding hydrogens is 460 g/mol. The van der Waals surface area contributed by atoms with E-state index in [1.54, 1.807) is 38.1 Å². The second-order valence-electron chi connectivity index (χ2n) is 10.2. The van der Waals surface area contributed by atoms with E-state index in [1.807, 2.05) is 26.0 Å². The van der Waals surface area contributed by atoms with Gasteiger partial charge in [-0.2, -0.15) is 0 Å². The zero-order valence-corrected chi connectivity index (χ0v) is 23.1. The van der Waals surface area contributed by atoms with Crippen LogP contribution in [0.15, 0.2) is 48.5 Å². The Kier molecular flexibility index (Phi) is 13.5. The molecule has 1 fully saturated rings. The molecule has 0 N–H and O–H groups in total. The Morgan fingerprint density at radius 1 is 0.500 bits per heavy atom. The highest BCUT2D eigenvalue weighted by atomic mass is 19.2. The average molecular weight is 505 g/mol. The zero-order chi connectivity index (χ0) is 27.4. The first-order valence-corrected chi connectivity index (χ1v) is 12.7. The van der Waals surface area contributed by atoms with Crippen LogP contribution in [0.1, 0.15) is 74.3 Å². The van der Waals surface area contributed by atoms with Crippen molar-refractivity contribution in [3.63, 3.8) is 0 Å². The van der Waals surface area contributed by atoms with Crippen LogP contribution < -0.4 is 0 Å². The quantitative estimate of drug-likeness (QED) is 0.267. The third-order valence-electron chi connectivity index (χ3n) is 6.43. The minimum atomic E-state index is -0.736. The molecule has 36 heavy (non-hydrogen) atoms. The first-order valence-electron chi connectivity index (χ1n) is 12.7. The number of aryl methyl sites for hydroxylation is 6. The van der Waals surface area contributed by atoms with E-state index in [1.165, 1.54) is 51.7 Å². The van der Waals surface area contributed by atoms with E-state index >= 15 is 0 Å². The zero-order valence-electron chi connectivity index (χ0n) is 23.1. The highest BCUT2D eigenvalue weighted by Gasteiger charge is 2.13. The second kappa shape index (κ2) is 15.5. The molecule has 1 aliphatic carbocycles. The largest absolute Gasteiger partial charge is 0.207 e. The molecule has 200 valence electrons. The lowest BCUT2D eigenvalue weighted by Gasteiger charge is -2.22. The van der Waals surface area contributed by atoms with Gasteiger partial charge in [0.15, 0.2) is 11.6 Å². The molecule has 0 radical (unpaired) electrons. The van der Waals surface area contributed by atoms with Gasteiger partial charge in [0.1, 0.15) is 11.6 Å². The van der Waals surface area contributed by atoms with E-state index in [4.69, 9.17) is 0 Å².